The van der Waals surface area contributed by atoms with E-state index in [1.54, 1.807) is 10.4 Å². The normalized spacial score (nSPS) is 21.0. The molecule has 2 saturated heterocycles. The largest absolute Gasteiger partial charge is 0.465 e. The fourth-order valence-electron chi connectivity index (χ4n) is 5.70. The summed E-state index contributed by atoms with van der Waals surface area (Å²) in [5, 5.41) is 11.0. The molecule has 1 amide bonds. The maximum atomic E-state index is 12.2. The summed E-state index contributed by atoms with van der Waals surface area (Å²) >= 11 is 1.34. The Morgan fingerprint density at radius 3 is 2.78 bits per heavy atom. The van der Waals surface area contributed by atoms with Gasteiger partial charge in [-0.3, -0.25) is 0 Å². The van der Waals surface area contributed by atoms with Gasteiger partial charge >= 0.3 is 6.09 Å². The molecule has 1 N–H and O–H groups in total. The number of pyridine rings is 1. The molecular weight excluding hydrogens is 492 g/mol. The van der Waals surface area contributed by atoms with Crippen LogP contribution >= 0.6 is 11.5 Å². The van der Waals surface area contributed by atoms with Gasteiger partial charge in [0.05, 0.1) is 16.6 Å². The second-order valence-corrected chi connectivity index (χ2v) is 17.5. The molecule has 5 heterocycles. The first kappa shape index (κ1) is 25.2. The highest BCUT2D eigenvalue weighted by Gasteiger charge is 2.45. The van der Waals surface area contributed by atoms with Crippen molar-refractivity contribution in [2.75, 3.05) is 31.1 Å². The number of hydrogen-bond donors (Lipinski definition) is 1. The summed E-state index contributed by atoms with van der Waals surface area (Å²) in [7, 11) is -1.17. The van der Waals surface area contributed by atoms with E-state index in [0.29, 0.717) is 25.6 Å². The Kier molecular flexibility index (Phi) is 7.06. The highest BCUT2D eigenvalue weighted by molar-refractivity contribution is 7.03. The van der Waals surface area contributed by atoms with E-state index in [9.17, 15) is 9.90 Å². The van der Waals surface area contributed by atoms with E-state index in [0.717, 1.165) is 73.6 Å². The average molecular weight is 529 g/mol. The molecule has 9 nitrogen and oxygen atoms in total. The molecule has 36 heavy (non-hydrogen) atoms. The first-order valence-electron chi connectivity index (χ1n) is 12.9. The second-order valence-electron chi connectivity index (χ2n) is 11.3. The van der Waals surface area contributed by atoms with Crippen LogP contribution in [-0.2, 0) is 11.5 Å². The van der Waals surface area contributed by atoms with Gasteiger partial charge in [-0.15, -0.1) is 0 Å². The van der Waals surface area contributed by atoms with Crippen LogP contribution in [0.2, 0.25) is 25.7 Å². The molecule has 0 bridgehead atoms. The fourth-order valence-corrected chi connectivity index (χ4v) is 6.89. The minimum absolute atomic E-state index is 0.334. The second kappa shape index (κ2) is 10.1. The van der Waals surface area contributed by atoms with E-state index < -0.39 is 14.2 Å². The Morgan fingerprint density at radius 2 is 2.03 bits per heavy atom. The lowest BCUT2D eigenvalue weighted by Crippen LogP contribution is -2.62. The Bertz CT molecular complexity index is 1210. The molecule has 11 heteroatoms. The maximum Gasteiger partial charge on any atom is 0.407 e. The minimum atomic E-state index is -1.17. The van der Waals surface area contributed by atoms with Crippen LogP contribution in [0.3, 0.4) is 0 Å². The SMILES string of the molecule is C[Si](C)(C)CCOCn1cc(-c2ncsn2)c2c(N3CCCC4(CCCCN4C(=O)O)C3)ccnc21. The van der Waals surface area contributed by atoms with Gasteiger partial charge in [0.25, 0.3) is 0 Å². The molecule has 0 saturated carbocycles. The molecule has 1 unspecified atom stereocenters. The lowest BCUT2D eigenvalue weighted by atomic mass is 9.80. The molecule has 1 atom stereocenters. The standard InChI is InChI=1S/C25H36N6O3SSi/c1-36(2,3)14-13-34-18-30-15-19(22-27-17-35-28-22)21-20(7-10-26-23(21)30)29-11-6-9-25(16-29)8-4-5-12-31(25)24(32)33/h7,10,15,17H,4-6,8-9,11-14,16,18H2,1-3H3,(H,32,33). The molecule has 3 aromatic rings. The molecule has 194 valence electrons. The summed E-state index contributed by atoms with van der Waals surface area (Å²) < 4.78 is 12.7. The van der Waals surface area contributed by atoms with Crippen LogP contribution in [0.15, 0.2) is 24.0 Å². The lowest BCUT2D eigenvalue weighted by Gasteiger charge is -2.51. The summed E-state index contributed by atoms with van der Waals surface area (Å²) in [6.07, 6.45) is 7.90. The van der Waals surface area contributed by atoms with Crippen molar-refractivity contribution in [3.63, 3.8) is 0 Å². The summed E-state index contributed by atoms with van der Waals surface area (Å²) in [6.45, 7) is 10.4. The van der Waals surface area contributed by atoms with E-state index in [4.69, 9.17) is 9.72 Å². The van der Waals surface area contributed by atoms with Crippen LogP contribution in [-0.4, -0.2) is 74.9 Å². The number of amides is 1. The molecular formula is C25H36N6O3SSi. The third-order valence-electron chi connectivity index (χ3n) is 7.54. The molecule has 2 fully saturated rings. The summed E-state index contributed by atoms with van der Waals surface area (Å²) in [6, 6.07) is 3.17. The van der Waals surface area contributed by atoms with Crippen molar-refractivity contribution in [1.82, 2.24) is 23.8 Å². The molecule has 2 aliphatic heterocycles. The Balaban J connectivity index is 1.50. The maximum absolute atomic E-state index is 12.2. The Labute approximate surface area is 217 Å². The van der Waals surface area contributed by atoms with E-state index >= 15 is 0 Å². The number of carboxylic acid groups (broad SMARTS) is 1. The van der Waals surface area contributed by atoms with Crippen molar-refractivity contribution in [3.8, 4) is 11.4 Å². The van der Waals surface area contributed by atoms with Gasteiger partial charge in [-0.2, -0.15) is 4.37 Å². The van der Waals surface area contributed by atoms with Gasteiger partial charge < -0.3 is 24.2 Å². The zero-order chi connectivity index (χ0) is 25.3. The average Bonchev–Trinajstić information content (AvgIpc) is 3.49. The van der Waals surface area contributed by atoms with Crippen molar-refractivity contribution >= 4 is 42.4 Å². The highest BCUT2D eigenvalue weighted by Crippen LogP contribution is 2.41. The van der Waals surface area contributed by atoms with Crippen molar-refractivity contribution in [2.24, 2.45) is 0 Å². The predicted molar refractivity (Wildman–Crippen MR) is 146 cm³/mol. The molecule has 5 rings (SSSR count). The molecule has 2 aliphatic rings. The topological polar surface area (TPSA) is 96.6 Å². The van der Waals surface area contributed by atoms with Crippen LogP contribution in [0.1, 0.15) is 32.1 Å². The number of fused-ring (bicyclic) bond motifs is 1. The van der Waals surface area contributed by atoms with Crippen molar-refractivity contribution < 1.29 is 14.6 Å². The molecule has 1 spiro atoms. The molecule has 0 radical (unpaired) electrons. The molecule has 0 aliphatic carbocycles. The Hall–Kier alpha value is -2.50. The van der Waals surface area contributed by atoms with Crippen LogP contribution in [0.5, 0.6) is 0 Å². The van der Waals surface area contributed by atoms with Gasteiger partial charge in [-0.1, -0.05) is 19.6 Å². The van der Waals surface area contributed by atoms with Gasteiger partial charge in [0.1, 0.15) is 17.9 Å². The quantitative estimate of drug-likeness (QED) is 0.325. The number of aromatic nitrogens is 4. The third kappa shape index (κ3) is 5.01. The molecule has 0 aromatic carbocycles. The first-order chi connectivity index (χ1) is 17.3. The van der Waals surface area contributed by atoms with Crippen LogP contribution in [0.25, 0.3) is 22.4 Å². The van der Waals surface area contributed by atoms with Crippen LogP contribution in [0.4, 0.5) is 10.5 Å². The van der Waals surface area contributed by atoms with Crippen LogP contribution in [0, 0.1) is 0 Å². The van der Waals surface area contributed by atoms with Gasteiger partial charge in [0.2, 0.25) is 0 Å². The van der Waals surface area contributed by atoms with Crippen molar-refractivity contribution in [3.05, 3.63) is 24.0 Å². The number of ether oxygens (including phenoxy) is 1. The zero-order valence-electron chi connectivity index (χ0n) is 21.4. The van der Waals surface area contributed by atoms with Crippen molar-refractivity contribution in [2.45, 2.75) is 70.1 Å². The van der Waals surface area contributed by atoms with Gasteiger partial charge in [-0.25, -0.2) is 14.8 Å². The minimum Gasteiger partial charge on any atom is -0.465 e. The zero-order valence-corrected chi connectivity index (χ0v) is 23.3. The predicted octanol–water partition coefficient (Wildman–Crippen LogP) is 5.37. The number of piperidine rings is 2. The van der Waals surface area contributed by atoms with E-state index in [-0.39, 0.29) is 5.54 Å². The van der Waals surface area contributed by atoms with Gasteiger partial charge in [0, 0.05) is 52.3 Å². The van der Waals surface area contributed by atoms with Crippen molar-refractivity contribution in [1.29, 1.82) is 0 Å². The number of anilines is 1. The molecule has 3 aromatic heterocycles. The summed E-state index contributed by atoms with van der Waals surface area (Å²) in [5.41, 5.74) is 4.28. The van der Waals surface area contributed by atoms with E-state index in [1.807, 2.05) is 6.20 Å². The fraction of sp³-hybridized carbons (Fsp3) is 0.600. The third-order valence-corrected chi connectivity index (χ3v) is 9.72. The number of nitrogens with zero attached hydrogens (tertiary/aromatic N) is 6. The Morgan fingerprint density at radius 1 is 1.19 bits per heavy atom. The highest BCUT2D eigenvalue weighted by atomic mass is 32.1. The van der Waals surface area contributed by atoms with Crippen LogP contribution < -0.4 is 4.90 Å². The summed E-state index contributed by atoms with van der Waals surface area (Å²) in [4.78, 5) is 25.5. The number of hydrogen-bond acceptors (Lipinski definition) is 7. The smallest absolute Gasteiger partial charge is 0.407 e. The number of carbonyl (C=O) groups is 1. The monoisotopic (exact) mass is 528 g/mol. The van der Waals surface area contributed by atoms with Gasteiger partial charge in [0.15, 0.2) is 5.82 Å². The lowest BCUT2D eigenvalue weighted by molar-refractivity contribution is 0.0373. The first-order valence-corrected chi connectivity index (χ1v) is 17.4. The number of likely N-dealkylation sites (tertiary alicyclic amines) is 1. The summed E-state index contributed by atoms with van der Waals surface area (Å²) in [5.74, 6) is 0.691. The van der Waals surface area contributed by atoms with E-state index in [2.05, 4.69) is 50.7 Å². The van der Waals surface area contributed by atoms with E-state index in [1.165, 1.54) is 11.5 Å². The van der Waals surface area contributed by atoms with Gasteiger partial charge in [-0.05, 0) is 55.7 Å². The number of rotatable bonds is 7.